The van der Waals surface area contributed by atoms with Gasteiger partial charge in [0, 0.05) is 6.54 Å². The second-order valence-corrected chi connectivity index (χ2v) is 6.45. The van der Waals surface area contributed by atoms with Crippen molar-refractivity contribution in [2.45, 2.75) is 30.6 Å². The lowest BCUT2D eigenvalue weighted by Gasteiger charge is -2.11. The summed E-state index contributed by atoms with van der Waals surface area (Å²) in [6.07, 6.45) is 4.45. The molecule has 3 N–H and O–H groups in total. The molecule has 0 spiro atoms. The number of halogens is 1. The van der Waals surface area contributed by atoms with E-state index in [2.05, 4.69) is 4.72 Å². The maximum Gasteiger partial charge on any atom is 0.240 e. The fraction of sp³-hybridized carbons (Fsp3) is 0.500. The summed E-state index contributed by atoms with van der Waals surface area (Å²) in [4.78, 5) is 0.0133. The molecular formula is C12H17FN2O2S. The molecule has 1 fully saturated rings. The minimum Gasteiger partial charge on any atom is -0.396 e. The van der Waals surface area contributed by atoms with E-state index in [0.29, 0.717) is 12.5 Å². The Bertz CT molecular complexity index is 525. The first-order chi connectivity index (χ1) is 8.49. The highest BCUT2D eigenvalue weighted by Gasteiger charge is 2.20. The van der Waals surface area contributed by atoms with Gasteiger partial charge in [-0.3, -0.25) is 0 Å². The molecular weight excluding hydrogens is 255 g/mol. The molecule has 4 nitrogen and oxygen atoms in total. The van der Waals surface area contributed by atoms with Crippen LogP contribution in [0.1, 0.15) is 25.7 Å². The number of benzene rings is 1. The van der Waals surface area contributed by atoms with Gasteiger partial charge >= 0.3 is 0 Å². The first-order valence-electron chi connectivity index (χ1n) is 6.04. The summed E-state index contributed by atoms with van der Waals surface area (Å²) < 4.78 is 39.5. The SMILES string of the molecule is Nc1cc(S(=O)(=O)NCC2CCCC2)ccc1F. The Morgan fingerprint density at radius 2 is 2.00 bits per heavy atom. The number of hydrogen-bond donors (Lipinski definition) is 2. The molecule has 0 amide bonds. The summed E-state index contributed by atoms with van der Waals surface area (Å²) in [5.41, 5.74) is 5.21. The zero-order valence-corrected chi connectivity index (χ0v) is 10.8. The minimum absolute atomic E-state index is 0.0133. The Hall–Kier alpha value is -1.14. The van der Waals surface area contributed by atoms with E-state index < -0.39 is 15.8 Å². The van der Waals surface area contributed by atoms with Crippen LogP contribution in [-0.4, -0.2) is 15.0 Å². The van der Waals surface area contributed by atoms with Crippen LogP contribution in [0.2, 0.25) is 0 Å². The number of nitrogens with one attached hydrogen (secondary N) is 1. The third kappa shape index (κ3) is 3.00. The van der Waals surface area contributed by atoms with Gasteiger partial charge in [0.15, 0.2) is 0 Å². The van der Waals surface area contributed by atoms with Crippen molar-refractivity contribution in [3.8, 4) is 0 Å². The van der Waals surface area contributed by atoms with Crippen molar-refractivity contribution >= 4 is 15.7 Å². The maximum absolute atomic E-state index is 13.0. The third-order valence-electron chi connectivity index (χ3n) is 3.31. The van der Waals surface area contributed by atoms with Gasteiger partial charge in [0.25, 0.3) is 0 Å². The van der Waals surface area contributed by atoms with E-state index in [4.69, 9.17) is 5.73 Å². The standard InChI is InChI=1S/C12H17FN2O2S/c13-11-6-5-10(7-12(11)14)18(16,17)15-8-9-3-1-2-4-9/h5-7,9,15H,1-4,8,14H2. The minimum atomic E-state index is -3.58. The fourth-order valence-electron chi connectivity index (χ4n) is 2.21. The Kier molecular flexibility index (Phi) is 3.87. The molecule has 0 aliphatic heterocycles. The van der Waals surface area contributed by atoms with Crippen molar-refractivity contribution in [2.75, 3.05) is 12.3 Å². The normalized spacial score (nSPS) is 17.2. The van der Waals surface area contributed by atoms with Gasteiger partial charge < -0.3 is 5.73 Å². The van der Waals surface area contributed by atoms with Gasteiger partial charge in [0.1, 0.15) is 5.82 Å². The molecule has 0 unspecified atom stereocenters. The van der Waals surface area contributed by atoms with E-state index in [1.807, 2.05) is 0 Å². The quantitative estimate of drug-likeness (QED) is 0.822. The molecule has 2 rings (SSSR count). The molecule has 0 saturated heterocycles. The van der Waals surface area contributed by atoms with Crippen molar-refractivity contribution < 1.29 is 12.8 Å². The first-order valence-corrected chi connectivity index (χ1v) is 7.52. The van der Waals surface area contributed by atoms with Gasteiger partial charge in [0.05, 0.1) is 10.6 Å². The van der Waals surface area contributed by atoms with Crippen molar-refractivity contribution in [1.82, 2.24) is 4.72 Å². The second-order valence-electron chi connectivity index (χ2n) is 4.69. The molecule has 1 aromatic carbocycles. The lowest BCUT2D eigenvalue weighted by atomic mass is 10.1. The molecule has 0 heterocycles. The molecule has 1 aromatic rings. The summed E-state index contributed by atoms with van der Waals surface area (Å²) in [6.45, 7) is 0.444. The Balaban J connectivity index is 2.07. The number of anilines is 1. The van der Waals surface area contributed by atoms with Crippen molar-refractivity contribution in [3.63, 3.8) is 0 Å². The molecule has 1 aliphatic carbocycles. The van der Waals surface area contributed by atoms with E-state index in [1.165, 1.54) is 6.07 Å². The predicted molar refractivity (Wildman–Crippen MR) is 68.0 cm³/mol. The van der Waals surface area contributed by atoms with E-state index >= 15 is 0 Å². The molecule has 0 atom stereocenters. The van der Waals surface area contributed by atoms with Gasteiger partial charge in [0.2, 0.25) is 10.0 Å². The van der Waals surface area contributed by atoms with E-state index in [1.54, 1.807) is 0 Å². The van der Waals surface area contributed by atoms with Crippen LogP contribution >= 0.6 is 0 Å². The van der Waals surface area contributed by atoms with Crippen LogP contribution in [0.4, 0.5) is 10.1 Å². The topological polar surface area (TPSA) is 72.2 Å². The second kappa shape index (κ2) is 5.24. The number of hydrogen-bond acceptors (Lipinski definition) is 3. The lowest BCUT2D eigenvalue weighted by molar-refractivity contribution is 0.519. The van der Waals surface area contributed by atoms with E-state index in [9.17, 15) is 12.8 Å². The van der Waals surface area contributed by atoms with Crippen LogP contribution in [0.3, 0.4) is 0 Å². The zero-order chi connectivity index (χ0) is 13.2. The summed E-state index contributed by atoms with van der Waals surface area (Å²) >= 11 is 0. The zero-order valence-electron chi connectivity index (χ0n) is 10.0. The predicted octanol–water partition coefficient (Wildman–Crippen LogP) is 1.88. The van der Waals surface area contributed by atoms with Gasteiger partial charge in [-0.2, -0.15) is 0 Å². The number of nitrogens with two attached hydrogens (primary N) is 1. The summed E-state index contributed by atoms with van der Waals surface area (Å²) in [5.74, 6) is -0.192. The fourth-order valence-corrected chi connectivity index (χ4v) is 3.37. The molecule has 1 aliphatic rings. The molecule has 0 radical (unpaired) electrons. The van der Waals surface area contributed by atoms with Crippen LogP contribution in [0.15, 0.2) is 23.1 Å². The molecule has 0 bridgehead atoms. The Morgan fingerprint density at radius 3 is 2.61 bits per heavy atom. The lowest BCUT2D eigenvalue weighted by Crippen LogP contribution is -2.28. The Morgan fingerprint density at radius 1 is 1.33 bits per heavy atom. The van der Waals surface area contributed by atoms with Crippen LogP contribution < -0.4 is 10.5 Å². The van der Waals surface area contributed by atoms with Crippen LogP contribution in [-0.2, 0) is 10.0 Å². The highest BCUT2D eigenvalue weighted by Crippen LogP contribution is 2.24. The highest BCUT2D eigenvalue weighted by molar-refractivity contribution is 7.89. The summed E-state index contributed by atoms with van der Waals surface area (Å²) in [7, 11) is -3.58. The van der Waals surface area contributed by atoms with Crippen molar-refractivity contribution in [3.05, 3.63) is 24.0 Å². The molecule has 100 valence electrons. The van der Waals surface area contributed by atoms with Crippen molar-refractivity contribution in [2.24, 2.45) is 5.92 Å². The van der Waals surface area contributed by atoms with Gasteiger partial charge in [-0.05, 0) is 37.0 Å². The molecule has 18 heavy (non-hydrogen) atoms. The van der Waals surface area contributed by atoms with Crippen molar-refractivity contribution in [1.29, 1.82) is 0 Å². The number of rotatable bonds is 4. The van der Waals surface area contributed by atoms with E-state index in [0.717, 1.165) is 37.8 Å². The van der Waals surface area contributed by atoms with Crippen LogP contribution in [0, 0.1) is 11.7 Å². The summed E-state index contributed by atoms with van der Waals surface area (Å²) in [5, 5.41) is 0. The van der Waals surface area contributed by atoms with Crippen LogP contribution in [0.5, 0.6) is 0 Å². The maximum atomic E-state index is 13.0. The largest absolute Gasteiger partial charge is 0.396 e. The first kappa shape index (κ1) is 13.3. The van der Waals surface area contributed by atoms with Crippen LogP contribution in [0.25, 0.3) is 0 Å². The summed E-state index contributed by atoms with van der Waals surface area (Å²) in [6, 6.07) is 3.44. The van der Waals surface area contributed by atoms with Gasteiger partial charge in [-0.15, -0.1) is 0 Å². The van der Waals surface area contributed by atoms with E-state index in [-0.39, 0.29) is 10.6 Å². The average Bonchev–Trinajstić information content (AvgIpc) is 2.83. The van der Waals surface area contributed by atoms with Gasteiger partial charge in [-0.1, -0.05) is 12.8 Å². The molecule has 6 heteroatoms. The monoisotopic (exact) mass is 272 g/mol. The molecule has 1 saturated carbocycles. The Labute approximate surface area is 106 Å². The van der Waals surface area contributed by atoms with Gasteiger partial charge in [-0.25, -0.2) is 17.5 Å². The smallest absolute Gasteiger partial charge is 0.240 e. The average molecular weight is 272 g/mol. The molecule has 0 aromatic heterocycles. The third-order valence-corrected chi connectivity index (χ3v) is 4.74. The number of sulfonamides is 1. The number of nitrogen functional groups attached to an aromatic ring is 1. The highest BCUT2D eigenvalue weighted by atomic mass is 32.2.